The molecule has 0 atom stereocenters. The zero-order valence-electron chi connectivity index (χ0n) is 10.3. The van der Waals surface area contributed by atoms with Crippen molar-refractivity contribution in [3.8, 4) is 0 Å². The van der Waals surface area contributed by atoms with E-state index >= 15 is 0 Å². The molecular weight excluding hydrogens is 407 g/mol. The molecule has 3 nitrogen and oxygen atoms in total. The van der Waals surface area contributed by atoms with Crippen molar-refractivity contribution in [3.63, 3.8) is 0 Å². The van der Waals surface area contributed by atoms with Crippen LogP contribution in [-0.2, 0) is 11.2 Å². The summed E-state index contributed by atoms with van der Waals surface area (Å²) in [6.45, 7) is 0. The number of halogens is 3. The van der Waals surface area contributed by atoms with Gasteiger partial charge in [-0.1, -0.05) is 29.8 Å². The Morgan fingerprint density at radius 2 is 1.80 bits per heavy atom. The normalized spacial score (nSPS) is 10.3. The van der Waals surface area contributed by atoms with Gasteiger partial charge in [0.05, 0.1) is 12.1 Å². The van der Waals surface area contributed by atoms with Crippen molar-refractivity contribution < 1.29 is 4.79 Å². The average Bonchev–Trinajstić information content (AvgIpc) is 2.36. The van der Waals surface area contributed by atoms with E-state index in [1.54, 1.807) is 18.2 Å². The van der Waals surface area contributed by atoms with Gasteiger partial charge in [-0.25, -0.2) is 0 Å². The predicted molar refractivity (Wildman–Crippen MR) is 90.0 cm³/mol. The molecule has 2 aromatic rings. The largest absolute Gasteiger partial charge is 0.399 e. The third-order valence-electron chi connectivity index (χ3n) is 2.64. The minimum atomic E-state index is -0.149. The van der Waals surface area contributed by atoms with E-state index < -0.39 is 0 Å². The fourth-order valence-corrected chi connectivity index (χ4v) is 3.33. The van der Waals surface area contributed by atoms with Crippen LogP contribution in [0.5, 0.6) is 0 Å². The third-order valence-corrected chi connectivity index (χ3v) is 4.26. The number of benzene rings is 2. The second-order valence-corrected chi connectivity index (χ2v) is 6.29. The van der Waals surface area contributed by atoms with Crippen molar-refractivity contribution in [1.82, 2.24) is 0 Å². The quantitative estimate of drug-likeness (QED) is 0.714. The van der Waals surface area contributed by atoms with E-state index in [0.29, 0.717) is 16.4 Å². The van der Waals surface area contributed by atoms with Crippen LogP contribution in [0.25, 0.3) is 0 Å². The minimum Gasteiger partial charge on any atom is -0.399 e. The van der Waals surface area contributed by atoms with Crippen LogP contribution in [0.15, 0.2) is 45.3 Å². The Labute approximate surface area is 138 Å². The van der Waals surface area contributed by atoms with Gasteiger partial charge in [-0.05, 0) is 55.6 Å². The van der Waals surface area contributed by atoms with E-state index in [9.17, 15) is 4.79 Å². The number of nitrogens with two attached hydrogens (primary N) is 1. The van der Waals surface area contributed by atoms with Gasteiger partial charge in [0.1, 0.15) is 0 Å². The Balaban J connectivity index is 2.15. The molecule has 1 amide bonds. The lowest BCUT2D eigenvalue weighted by molar-refractivity contribution is -0.115. The van der Waals surface area contributed by atoms with Crippen molar-refractivity contribution in [2.45, 2.75) is 6.42 Å². The maximum Gasteiger partial charge on any atom is 0.228 e. The summed E-state index contributed by atoms with van der Waals surface area (Å²) in [6, 6.07) is 10.7. The maximum absolute atomic E-state index is 12.1. The van der Waals surface area contributed by atoms with Crippen molar-refractivity contribution in [2.24, 2.45) is 0 Å². The van der Waals surface area contributed by atoms with Gasteiger partial charge >= 0.3 is 0 Å². The number of nitrogens with one attached hydrogen (secondary N) is 1. The van der Waals surface area contributed by atoms with Crippen LogP contribution in [0.4, 0.5) is 11.4 Å². The second-order valence-electron chi connectivity index (χ2n) is 4.18. The molecule has 0 unspecified atom stereocenters. The Hall–Kier alpha value is -1.04. The number of rotatable bonds is 3. The number of carbonyl (C=O) groups excluding carboxylic acids is 1. The molecule has 0 saturated carbocycles. The average molecular weight is 419 g/mol. The highest BCUT2D eigenvalue weighted by molar-refractivity contribution is 9.11. The highest BCUT2D eigenvalue weighted by Gasteiger charge is 2.12. The lowest BCUT2D eigenvalue weighted by atomic mass is 10.1. The van der Waals surface area contributed by atoms with Crippen molar-refractivity contribution in [2.75, 3.05) is 11.1 Å². The number of amides is 1. The van der Waals surface area contributed by atoms with Gasteiger partial charge < -0.3 is 11.1 Å². The molecule has 0 aromatic heterocycles. The van der Waals surface area contributed by atoms with Gasteiger partial charge in [-0.15, -0.1) is 0 Å². The van der Waals surface area contributed by atoms with E-state index in [1.165, 1.54) is 0 Å². The first-order valence-corrected chi connectivity index (χ1v) is 7.71. The molecule has 2 rings (SSSR count). The van der Waals surface area contributed by atoms with Gasteiger partial charge in [0.2, 0.25) is 5.91 Å². The van der Waals surface area contributed by atoms with Crippen LogP contribution in [-0.4, -0.2) is 5.91 Å². The first-order chi connectivity index (χ1) is 9.47. The third kappa shape index (κ3) is 3.75. The van der Waals surface area contributed by atoms with Crippen LogP contribution < -0.4 is 11.1 Å². The number of anilines is 2. The van der Waals surface area contributed by atoms with Crippen molar-refractivity contribution in [3.05, 3.63) is 55.9 Å². The Morgan fingerprint density at radius 3 is 2.40 bits per heavy atom. The second kappa shape index (κ2) is 6.61. The molecule has 0 heterocycles. The van der Waals surface area contributed by atoms with E-state index in [-0.39, 0.29) is 12.3 Å². The molecule has 6 heteroatoms. The molecule has 3 N–H and O–H groups in total. The van der Waals surface area contributed by atoms with Gasteiger partial charge in [-0.2, -0.15) is 0 Å². The summed E-state index contributed by atoms with van der Waals surface area (Å²) >= 11 is 12.8. The van der Waals surface area contributed by atoms with Crippen molar-refractivity contribution >= 4 is 60.7 Å². The standard InChI is InChI=1S/C14H11Br2ClN2O/c15-10-6-9(18)7-11(16)14(10)19-13(20)5-8-3-1-2-4-12(8)17/h1-4,6-7H,5,18H2,(H,19,20). The summed E-state index contributed by atoms with van der Waals surface area (Å²) in [5, 5.41) is 3.42. The molecule has 20 heavy (non-hydrogen) atoms. The Kier molecular flexibility index (Phi) is 5.07. The highest BCUT2D eigenvalue weighted by Crippen LogP contribution is 2.33. The smallest absolute Gasteiger partial charge is 0.228 e. The summed E-state index contributed by atoms with van der Waals surface area (Å²) in [5.74, 6) is -0.149. The molecule has 0 saturated heterocycles. The lowest BCUT2D eigenvalue weighted by Gasteiger charge is -2.11. The molecule has 0 radical (unpaired) electrons. The van der Waals surface area contributed by atoms with Crippen LogP contribution in [0, 0.1) is 0 Å². The summed E-state index contributed by atoms with van der Waals surface area (Å²) in [7, 11) is 0. The molecule has 0 bridgehead atoms. The highest BCUT2D eigenvalue weighted by atomic mass is 79.9. The van der Waals surface area contributed by atoms with E-state index in [2.05, 4.69) is 37.2 Å². The van der Waals surface area contributed by atoms with E-state index in [0.717, 1.165) is 14.5 Å². The topological polar surface area (TPSA) is 55.1 Å². The minimum absolute atomic E-state index is 0.149. The lowest BCUT2D eigenvalue weighted by Crippen LogP contribution is -2.15. The number of carbonyl (C=O) groups is 1. The van der Waals surface area contributed by atoms with Crippen LogP contribution in [0.1, 0.15) is 5.56 Å². The Bertz CT molecular complexity index is 638. The fourth-order valence-electron chi connectivity index (χ4n) is 1.71. The zero-order valence-corrected chi connectivity index (χ0v) is 14.2. The SMILES string of the molecule is Nc1cc(Br)c(NC(=O)Cc2ccccc2Cl)c(Br)c1. The Morgan fingerprint density at radius 1 is 1.20 bits per heavy atom. The summed E-state index contributed by atoms with van der Waals surface area (Å²) in [4.78, 5) is 12.1. The predicted octanol–water partition coefficient (Wildman–Crippen LogP) is 4.63. The first kappa shape index (κ1) is 15.4. The van der Waals surface area contributed by atoms with Gasteiger partial charge in [0.25, 0.3) is 0 Å². The summed E-state index contributed by atoms with van der Waals surface area (Å²) in [5.41, 5.74) is 7.75. The summed E-state index contributed by atoms with van der Waals surface area (Å²) in [6.07, 6.45) is 0.211. The first-order valence-electron chi connectivity index (χ1n) is 5.75. The molecule has 0 fully saturated rings. The number of hydrogen-bond donors (Lipinski definition) is 2. The molecule has 0 aliphatic rings. The molecule has 0 spiro atoms. The molecular formula is C14H11Br2ClN2O. The van der Waals surface area contributed by atoms with Crippen LogP contribution in [0.2, 0.25) is 5.02 Å². The van der Waals surface area contributed by atoms with Gasteiger partial charge in [0, 0.05) is 19.7 Å². The zero-order chi connectivity index (χ0) is 14.7. The number of hydrogen-bond acceptors (Lipinski definition) is 2. The number of nitrogen functional groups attached to an aromatic ring is 1. The summed E-state index contributed by atoms with van der Waals surface area (Å²) < 4.78 is 1.44. The fraction of sp³-hybridized carbons (Fsp3) is 0.0714. The van der Waals surface area contributed by atoms with Gasteiger partial charge in [0.15, 0.2) is 0 Å². The van der Waals surface area contributed by atoms with Crippen LogP contribution in [0.3, 0.4) is 0 Å². The monoisotopic (exact) mass is 416 g/mol. The van der Waals surface area contributed by atoms with E-state index in [4.69, 9.17) is 17.3 Å². The molecule has 0 aliphatic carbocycles. The van der Waals surface area contributed by atoms with Crippen LogP contribution >= 0.6 is 43.5 Å². The molecule has 0 aliphatic heterocycles. The van der Waals surface area contributed by atoms with Crippen molar-refractivity contribution in [1.29, 1.82) is 0 Å². The molecule has 104 valence electrons. The molecule has 2 aromatic carbocycles. The maximum atomic E-state index is 12.1. The van der Waals surface area contributed by atoms with E-state index in [1.807, 2.05) is 18.2 Å². The van der Waals surface area contributed by atoms with Gasteiger partial charge in [-0.3, -0.25) is 4.79 Å².